The third-order valence-corrected chi connectivity index (χ3v) is 5.59. The molecule has 2 heterocycles. The second-order valence-corrected chi connectivity index (χ2v) is 8.21. The number of phenolic OH excluding ortho intramolecular Hbond substituents is 1. The number of phenols is 1. The standard InChI is InChI=1S/C21H24Cl2FN3O3/c1-12(2)14-11-13(6-7-15(14)28)30-19-17(22)20(24)26-21(18(19)23)25-8-4-10-27-9-3-5-16(27)29/h6-7,11-12,28H,3-5,8-10H2,1-2H3,(H,25,26). The van der Waals surface area contributed by atoms with Crippen molar-refractivity contribution < 1.29 is 19.0 Å². The highest BCUT2D eigenvalue weighted by atomic mass is 35.5. The summed E-state index contributed by atoms with van der Waals surface area (Å²) in [5, 5.41) is 12.7. The van der Waals surface area contributed by atoms with Gasteiger partial charge in [-0.15, -0.1) is 0 Å². The van der Waals surface area contributed by atoms with Crippen LogP contribution in [0.2, 0.25) is 10.0 Å². The summed E-state index contributed by atoms with van der Waals surface area (Å²) in [4.78, 5) is 17.2. The molecule has 0 atom stereocenters. The third kappa shape index (κ3) is 5.08. The van der Waals surface area contributed by atoms with Gasteiger partial charge in [0.05, 0.1) is 0 Å². The highest BCUT2D eigenvalue weighted by Crippen LogP contribution is 2.42. The van der Waals surface area contributed by atoms with E-state index in [-0.39, 0.29) is 39.2 Å². The van der Waals surface area contributed by atoms with E-state index in [1.165, 1.54) is 6.07 Å². The Morgan fingerprint density at radius 3 is 2.77 bits per heavy atom. The number of carbonyl (C=O) groups excluding carboxylic acids is 1. The van der Waals surface area contributed by atoms with Gasteiger partial charge >= 0.3 is 0 Å². The van der Waals surface area contributed by atoms with E-state index in [0.29, 0.717) is 37.2 Å². The average Bonchev–Trinajstić information content (AvgIpc) is 3.12. The Kier molecular flexibility index (Phi) is 7.26. The third-order valence-electron chi connectivity index (χ3n) is 4.91. The predicted octanol–water partition coefficient (Wildman–Crippen LogP) is 5.57. The Hall–Kier alpha value is -2.25. The average molecular weight is 456 g/mol. The number of carbonyl (C=O) groups is 1. The van der Waals surface area contributed by atoms with E-state index in [9.17, 15) is 14.3 Å². The summed E-state index contributed by atoms with van der Waals surface area (Å²) in [6, 6.07) is 4.71. The fourth-order valence-electron chi connectivity index (χ4n) is 3.29. The summed E-state index contributed by atoms with van der Waals surface area (Å²) >= 11 is 12.4. The van der Waals surface area contributed by atoms with Crippen LogP contribution in [0.5, 0.6) is 17.2 Å². The van der Waals surface area contributed by atoms with Crippen LogP contribution >= 0.6 is 23.2 Å². The molecule has 30 heavy (non-hydrogen) atoms. The van der Waals surface area contributed by atoms with E-state index in [1.807, 2.05) is 18.7 Å². The number of aromatic nitrogens is 1. The molecule has 0 aliphatic carbocycles. The Morgan fingerprint density at radius 2 is 2.10 bits per heavy atom. The number of hydrogen-bond donors (Lipinski definition) is 2. The summed E-state index contributed by atoms with van der Waals surface area (Å²) < 4.78 is 20.0. The quantitative estimate of drug-likeness (QED) is 0.401. The van der Waals surface area contributed by atoms with Gasteiger partial charge in [-0.2, -0.15) is 9.37 Å². The molecule has 0 bridgehead atoms. The zero-order chi connectivity index (χ0) is 21.8. The molecule has 0 unspecified atom stereocenters. The van der Waals surface area contributed by atoms with Crippen LogP contribution in [0.15, 0.2) is 18.2 Å². The maximum Gasteiger partial charge on any atom is 0.237 e. The number of nitrogens with zero attached hydrogens (tertiary/aromatic N) is 2. The van der Waals surface area contributed by atoms with Crippen molar-refractivity contribution in [2.24, 2.45) is 0 Å². The van der Waals surface area contributed by atoms with Gasteiger partial charge in [-0.25, -0.2) is 0 Å². The number of hydrogen-bond acceptors (Lipinski definition) is 5. The fourth-order valence-corrected chi connectivity index (χ4v) is 3.76. The molecule has 0 spiro atoms. The second kappa shape index (κ2) is 9.71. The van der Waals surface area contributed by atoms with Gasteiger partial charge in [0.2, 0.25) is 11.9 Å². The molecule has 1 aliphatic heterocycles. The lowest BCUT2D eigenvalue weighted by atomic mass is 10.0. The first kappa shape index (κ1) is 22.4. The molecule has 1 fully saturated rings. The maximum atomic E-state index is 14.3. The van der Waals surface area contributed by atoms with Gasteiger partial charge in [-0.1, -0.05) is 37.0 Å². The van der Waals surface area contributed by atoms with E-state index >= 15 is 0 Å². The number of halogens is 3. The number of nitrogens with one attached hydrogen (secondary N) is 1. The van der Waals surface area contributed by atoms with Gasteiger partial charge in [0, 0.05) is 31.6 Å². The van der Waals surface area contributed by atoms with Crippen LogP contribution in [0, 0.1) is 5.95 Å². The molecule has 3 rings (SSSR count). The topological polar surface area (TPSA) is 74.7 Å². The van der Waals surface area contributed by atoms with Crippen LogP contribution in [-0.4, -0.2) is 40.5 Å². The van der Waals surface area contributed by atoms with E-state index in [2.05, 4.69) is 10.3 Å². The lowest BCUT2D eigenvalue weighted by molar-refractivity contribution is -0.127. The number of pyridine rings is 1. The molecule has 1 aromatic heterocycles. The van der Waals surface area contributed by atoms with Gasteiger partial charge in [0.1, 0.15) is 21.5 Å². The Labute approximate surface area is 185 Å². The van der Waals surface area contributed by atoms with Crippen LogP contribution in [0.4, 0.5) is 10.2 Å². The highest BCUT2D eigenvalue weighted by Gasteiger charge is 2.21. The molecule has 1 amide bonds. The van der Waals surface area contributed by atoms with Crippen LogP contribution in [-0.2, 0) is 4.79 Å². The number of anilines is 1. The summed E-state index contributed by atoms with van der Waals surface area (Å²) in [7, 11) is 0. The molecule has 1 aliphatic rings. The smallest absolute Gasteiger partial charge is 0.237 e. The molecular weight excluding hydrogens is 432 g/mol. The zero-order valence-corrected chi connectivity index (χ0v) is 18.4. The van der Waals surface area contributed by atoms with Crippen LogP contribution < -0.4 is 10.1 Å². The normalized spacial score (nSPS) is 13.9. The largest absolute Gasteiger partial charge is 0.508 e. The summed E-state index contributed by atoms with van der Waals surface area (Å²) in [5.74, 6) is -0.107. The van der Waals surface area contributed by atoms with E-state index < -0.39 is 5.95 Å². The minimum atomic E-state index is -0.906. The van der Waals surface area contributed by atoms with Crippen molar-refractivity contribution >= 4 is 34.9 Å². The fraction of sp³-hybridized carbons (Fsp3) is 0.429. The molecule has 9 heteroatoms. The molecule has 6 nitrogen and oxygen atoms in total. The van der Waals surface area contributed by atoms with E-state index in [4.69, 9.17) is 27.9 Å². The Bertz CT molecular complexity index is 940. The molecule has 0 saturated carbocycles. The second-order valence-electron chi connectivity index (χ2n) is 7.45. The van der Waals surface area contributed by atoms with Gasteiger partial charge in [0.25, 0.3) is 0 Å². The number of benzene rings is 1. The highest BCUT2D eigenvalue weighted by molar-refractivity contribution is 6.38. The number of ether oxygens (including phenoxy) is 1. The van der Waals surface area contributed by atoms with Gasteiger partial charge in [-0.3, -0.25) is 4.79 Å². The lowest BCUT2D eigenvalue weighted by Crippen LogP contribution is -2.27. The minimum absolute atomic E-state index is 0.0524. The summed E-state index contributed by atoms with van der Waals surface area (Å²) in [6.45, 7) is 5.71. The summed E-state index contributed by atoms with van der Waals surface area (Å²) in [5.41, 5.74) is 0.684. The zero-order valence-electron chi connectivity index (χ0n) is 16.8. The van der Waals surface area contributed by atoms with Crippen molar-refractivity contribution in [1.29, 1.82) is 0 Å². The lowest BCUT2D eigenvalue weighted by Gasteiger charge is -2.17. The van der Waals surface area contributed by atoms with Crippen LogP contribution in [0.3, 0.4) is 0 Å². The molecular formula is C21H24Cl2FN3O3. The maximum absolute atomic E-state index is 14.3. The first-order valence-corrected chi connectivity index (χ1v) is 10.6. The summed E-state index contributed by atoms with van der Waals surface area (Å²) in [6.07, 6.45) is 2.15. The number of rotatable bonds is 8. The van der Waals surface area contributed by atoms with Crippen molar-refractivity contribution in [2.75, 3.05) is 25.0 Å². The van der Waals surface area contributed by atoms with Crippen molar-refractivity contribution in [3.05, 3.63) is 39.8 Å². The molecule has 2 aromatic rings. The molecule has 162 valence electrons. The van der Waals surface area contributed by atoms with Crippen molar-refractivity contribution in [1.82, 2.24) is 9.88 Å². The molecule has 0 radical (unpaired) electrons. The van der Waals surface area contributed by atoms with Gasteiger partial charge < -0.3 is 20.1 Å². The number of aromatic hydroxyl groups is 1. The first-order valence-electron chi connectivity index (χ1n) is 9.84. The van der Waals surface area contributed by atoms with Crippen molar-refractivity contribution in [3.8, 4) is 17.2 Å². The molecule has 1 aromatic carbocycles. The van der Waals surface area contributed by atoms with Crippen LogP contribution in [0.1, 0.15) is 44.6 Å². The Balaban J connectivity index is 1.73. The molecule has 1 saturated heterocycles. The van der Waals surface area contributed by atoms with Crippen LogP contribution in [0.25, 0.3) is 0 Å². The van der Waals surface area contributed by atoms with Gasteiger partial charge in [-0.05, 0) is 37.0 Å². The first-order chi connectivity index (χ1) is 14.3. The number of likely N-dealkylation sites (tertiary alicyclic amines) is 1. The SMILES string of the molecule is CC(C)c1cc(Oc2c(Cl)c(F)nc(NCCCN3CCCC3=O)c2Cl)ccc1O. The predicted molar refractivity (Wildman–Crippen MR) is 115 cm³/mol. The Morgan fingerprint density at radius 1 is 1.33 bits per heavy atom. The van der Waals surface area contributed by atoms with E-state index in [0.717, 1.165) is 13.0 Å². The van der Waals surface area contributed by atoms with Crippen molar-refractivity contribution in [2.45, 2.75) is 39.0 Å². The van der Waals surface area contributed by atoms with Crippen molar-refractivity contribution in [3.63, 3.8) is 0 Å². The minimum Gasteiger partial charge on any atom is -0.508 e. The molecule has 2 N–H and O–H groups in total. The van der Waals surface area contributed by atoms with E-state index in [1.54, 1.807) is 12.1 Å². The van der Waals surface area contributed by atoms with Gasteiger partial charge in [0.15, 0.2) is 11.6 Å². The monoisotopic (exact) mass is 455 g/mol. The number of amides is 1.